The van der Waals surface area contributed by atoms with Crippen molar-refractivity contribution in [3.8, 4) is 0 Å². The van der Waals surface area contributed by atoms with Crippen LogP contribution in [0.1, 0.15) is 79.1 Å². The molecule has 0 aromatic rings. The van der Waals surface area contributed by atoms with E-state index in [0.717, 1.165) is 51.4 Å². The maximum atomic E-state index is 12.2. The molecule has 0 aromatic carbocycles. The van der Waals surface area contributed by atoms with Gasteiger partial charge in [0.25, 0.3) is 0 Å². The molecule has 1 atom stereocenters. The number of aliphatic hydroxyl groups is 1. The van der Waals surface area contributed by atoms with Gasteiger partial charge < -0.3 is 10.4 Å². The molecule has 3 nitrogen and oxygen atoms in total. The third-order valence-corrected chi connectivity index (χ3v) is 4.90. The first-order valence-electron chi connectivity index (χ1n) is 8.32. The maximum Gasteiger partial charge on any atom is 0.223 e. The van der Waals surface area contributed by atoms with Crippen LogP contribution in [0.3, 0.4) is 0 Å². The van der Waals surface area contributed by atoms with Crippen LogP contribution in [-0.2, 0) is 4.79 Å². The normalized spacial score (nSPS) is 22.2. The molecule has 20 heavy (non-hydrogen) atoms. The molecule has 1 aliphatic carbocycles. The predicted molar refractivity (Wildman–Crippen MR) is 83.5 cm³/mol. The highest BCUT2D eigenvalue weighted by molar-refractivity contribution is 5.78. The third-order valence-electron chi connectivity index (χ3n) is 4.90. The Balaban J connectivity index is 2.39. The van der Waals surface area contributed by atoms with Crippen molar-refractivity contribution in [3.05, 3.63) is 0 Å². The Morgan fingerprint density at radius 3 is 2.30 bits per heavy atom. The van der Waals surface area contributed by atoms with Crippen LogP contribution in [0.4, 0.5) is 0 Å². The zero-order chi connectivity index (χ0) is 15.2. The minimum atomic E-state index is -0.686. The summed E-state index contributed by atoms with van der Waals surface area (Å²) >= 11 is 0. The molecule has 1 rings (SSSR count). The van der Waals surface area contributed by atoms with Crippen molar-refractivity contribution in [1.82, 2.24) is 5.32 Å². The van der Waals surface area contributed by atoms with E-state index in [1.165, 1.54) is 0 Å². The number of nitrogens with one attached hydrogen (secondary N) is 1. The number of hydrogen-bond acceptors (Lipinski definition) is 2. The highest BCUT2D eigenvalue weighted by Crippen LogP contribution is 2.39. The minimum Gasteiger partial charge on any atom is -0.388 e. The standard InChI is InChI=1S/C17H33NO2/c1-5-7-8-14(6-2)15(19)18-13-17(20)11-9-16(3,4)10-12-17/h14,20H,5-13H2,1-4H3,(H,18,19). The number of hydrogen-bond donors (Lipinski definition) is 2. The summed E-state index contributed by atoms with van der Waals surface area (Å²) in [7, 11) is 0. The van der Waals surface area contributed by atoms with Crippen LogP contribution >= 0.6 is 0 Å². The fourth-order valence-electron chi connectivity index (χ4n) is 2.94. The van der Waals surface area contributed by atoms with E-state index in [4.69, 9.17) is 0 Å². The zero-order valence-electron chi connectivity index (χ0n) is 13.8. The minimum absolute atomic E-state index is 0.110. The Morgan fingerprint density at radius 2 is 1.80 bits per heavy atom. The van der Waals surface area contributed by atoms with E-state index in [0.29, 0.717) is 12.0 Å². The molecule has 0 radical (unpaired) electrons. The molecule has 3 heteroatoms. The molecule has 1 amide bonds. The number of amides is 1. The third kappa shape index (κ3) is 5.43. The summed E-state index contributed by atoms with van der Waals surface area (Å²) < 4.78 is 0. The van der Waals surface area contributed by atoms with Crippen LogP contribution in [0.5, 0.6) is 0 Å². The summed E-state index contributed by atoms with van der Waals surface area (Å²) in [5, 5.41) is 13.6. The number of carbonyl (C=O) groups excluding carboxylic acids is 1. The van der Waals surface area contributed by atoms with E-state index in [-0.39, 0.29) is 11.8 Å². The maximum absolute atomic E-state index is 12.2. The second kappa shape index (κ2) is 7.44. The van der Waals surface area contributed by atoms with Crippen molar-refractivity contribution in [3.63, 3.8) is 0 Å². The van der Waals surface area contributed by atoms with E-state index < -0.39 is 5.60 Å². The van der Waals surface area contributed by atoms with Gasteiger partial charge in [-0.15, -0.1) is 0 Å². The lowest BCUT2D eigenvalue weighted by Crippen LogP contribution is -2.47. The van der Waals surface area contributed by atoms with E-state index in [9.17, 15) is 9.90 Å². The van der Waals surface area contributed by atoms with Crippen molar-refractivity contribution >= 4 is 5.91 Å². The fourth-order valence-corrected chi connectivity index (χ4v) is 2.94. The first-order chi connectivity index (χ1) is 9.32. The van der Waals surface area contributed by atoms with Crippen LogP contribution in [0.2, 0.25) is 0 Å². The smallest absolute Gasteiger partial charge is 0.223 e. The van der Waals surface area contributed by atoms with Crippen LogP contribution in [0.15, 0.2) is 0 Å². The molecule has 0 aliphatic heterocycles. The quantitative estimate of drug-likeness (QED) is 0.749. The Bertz CT molecular complexity index is 302. The van der Waals surface area contributed by atoms with Gasteiger partial charge in [-0.05, 0) is 43.9 Å². The zero-order valence-corrected chi connectivity index (χ0v) is 13.8. The summed E-state index contributed by atoms with van der Waals surface area (Å²) in [6, 6.07) is 0. The van der Waals surface area contributed by atoms with E-state index in [1.54, 1.807) is 0 Å². The van der Waals surface area contributed by atoms with Gasteiger partial charge in [0, 0.05) is 12.5 Å². The largest absolute Gasteiger partial charge is 0.388 e. The number of carbonyl (C=O) groups is 1. The van der Waals surface area contributed by atoms with Crippen LogP contribution < -0.4 is 5.32 Å². The average molecular weight is 283 g/mol. The average Bonchev–Trinajstić information content (AvgIpc) is 2.41. The monoisotopic (exact) mass is 283 g/mol. The lowest BCUT2D eigenvalue weighted by atomic mass is 9.71. The van der Waals surface area contributed by atoms with E-state index >= 15 is 0 Å². The molecule has 1 fully saturated rings. The van der Waals surface area contributed by atoms with Crippen molar-refractivity contribution in [2.75, 3.05) is 6.54 Å². The summed E-state index contributed by atoms with van der Waals surface area (Å²) in [4.78, 5) is 12.2. The predicted octanol–water partition coefficient (Wildman–Crippen LogP) is 3.65. The van der Waals surface area contributed by atoms with Gasteiger partial charge in [-0.3, -0.25) is 4.79 Å². The second-order valence-corrected chi connectivity index (χ2v) is 7.35. The molecule has 2 N–H and O–H groups in total. The summed E-state index contributed by atoms with van der Waals surface area (Å²) in [5.74, 6) is 0.234. The first kappa shape index (κ1) is 17.5. The molecule has 0 aromatic heterocycles. The highest BCUT2D eigenvalue weighted by atomic mass is 16.3. The fraction of sp³-hybridized carbons (Fsp3) is 0.941. The van der Waals surface area contributed by atoms with Gasteiger partial charge in [0.2, 0.25) is 5.91 Å². The van der Waals surface area contributed by atoms with Gasteiger partial charge in [0.15, 0.2) is 0 Å². The molecular formula is C17H33NO2. The Hall–Kier alpha value is -0.570. The topological polar surface area (TPSA) is 49.3 Å². The van der Waals surface area contributed by atoms with Crippen molar-refractivity contribution in [1.29, 1.82) is 0 Å². The number of rotatable bonds is 7. The van der Waals surface area contributed by atoms with Crippen molar-refractivity contribution in [2.45, 2.75) is 84.7 Å². The first-order valence-corrected chi connectivity index (χ1v) is 8.32. The van der Waals surface area contributed by atoms with Gasteiger partial charge in [0.1, 0.15) is 0 Å². The lowest BCUT2D eigenvalue weighted by molar-refractivity contribution is -0.127. The lowest BCUT2D eigenvalue weighted by Gasteiger charge is -2.40. The SMILES string of the molecule is CCCCC(CC)C(=O)NCC1(O)CCC(C)(C)CC1. The molecule has 1 unspecified atom stereocenters. The Morgan fingerprint density at radius 1 is 1.20 bits per heavy atom. The van der Waals surface area contributed by atoms with E-state index in [2.05, 4.69) is 33.0 Å². The number of unbranched alkanes of at least 4 members (excludes halogenated alkanes) is 1. The Labute approximate surface area is 124 Å². The Kier molecular flexibility index (Phi) is 6.50. The van der Waals surface area contributed by atoms with Gasteiger partial charge in [-0.2, -0.15) is 0 Å². The summed E-state index contributed by atoms with van der Waals surface area (Å²) in [6.07, 6.45) is 7.74. The van der Waals surface area contributed by atoms with Crippen LogP contribution in [0, 0.1) is 11.3 Å². The summed E-state index contributed by atoms with van der Waals surface area (Å²) in [5.41, 5.74) is -0.350. The molecule has 1 aliphatic rings. The highest BCUT2D eigenvalue weighted by Gasteiger charge is 2.37. The molecule has 0 bridgehead atoms. The molecule has 0 spiro atoms. The van der Waals surface area contributed by atoms with Gasteiger partial charge in [0.05, 0.1) is 5.60 Å². The molecule has 1 saturated carbocycles. The molecule has 0 saturated heterocycles. The van der Waals surface area contributed by atoms with Gasteiger partial charge in [-0.25, -0.2) is 0 Å². The molecule has 118 valence electrons. The van der Waals surface area contributed by atoms with Crippen molar-refractivity contribution < 1.29 is 9.90 Å². The molecular weight excluding hydrogens is 250 g/mol. The van der Waals surface area contributed by atoms with Crippen LogP contribution in [-0.4, -0.2) is 23.2 Å². The molecule has 0 heterocycles. The van der Waals surface area contributed by atoms with Crippen LogP contribution in [0.25, 0.3) is 0 Å². The second-order valence-electron chi connectivity index (χ2n) is 7.35. The van der Waals surface area contributed by atoms with Crippen molar-refractivity contribution in [2.24, 2.45) is 11.3 Å². The summed E-state index contributed by atoms with van der Waals surface area (Å²) in [6.45, 7) is 9.14. The van der Waals surface area contributed by atoms with Gasteiger partial charge >= 0.3 is 0 Å². The van der Waals surface area contributed by atoms with E-state index in [1.807, 2.05) is 0 Å². The van der Waals surface area contributed by atoms with Gasteiger partial charge in [-0.1, -0.05) is 40.5 Å².